The van der Waals surface area contributed by atoms with Gasteiger partial charge in [0.1, 0.15) is 6.10 Å². The van der Waals surface area contributed by atoms with Crippen molar-refractivity contribution in [3.8, 4) is 0 Å². The highest BCUT2D eigenvalue weighted by Crippen LogP contribution is 2.53. The fourth-order valence-electron chi connectivity index (χ4n) is 3.33. The third-order valence-corrected chi connectivity index (χ3v) is 6.85. The lowest BCUT2D eigenvalue weighted by molar-refractivity contribution is -0.0322. The zero-order valence-corrected chi connectivity index (χ0v) is 18.7. The van der Waals surface area contributed by atoms with Gasteiger partial charge in [-0.25, -0.2) is 0 Å². The Kier molecular flexibility index (Phi) is 16.4. The molecule has 0 spiro atoms. The van der Waals surface area contributed by atoms with E-state index in [9.17, 15) is 24.6 Å². The Morgan fingerprint density at radius 3 is 1.71 bits per heavy atom. The van der Waals surface area contributed by atoms with Gasteiger partial charge in [-0.05, 0) is 38.5 Å². The lowest BCUT2D eigenvalue weighted by Gasteiger charge is -2.32. The maximum Gasteiger partial charge on any atom is 0.359 e. The standard InChI is InChI=1S/C21H44NO5P/c1-2-3-4-5-6-7-8-9-10-11-12-13-14-15-16-17-18-21(24,20(23)19-22)28(25,26)27/h9-10,20,23-24H,2-8,11-19,22H2,1H3,(H2,25,26,27)/b10-9-. The van der Waals surface area contributed by atoms with E-state index in [2.05, 4.69) is 19.1 Å². The zero-order chi connectivity index (χ0) is 21.3. The molecule has 0 aliphatic carbocycles. The number of aliphatic hydroxyl groups excluding tert-OH is 1. The summed E-state index contributed by atoms with van der Waals surface area (Å²) in [5, 5.41) is 17.4. The Labute approximate surface area is 171 Å². The van der Waals surface area contributed by atoms with Crippen LogP contribution in [-0.2, 0) is 4.57 Å². The van der Waals surface area contributed by atoms with Crippen molar-refractivity contribution < 1.29 is 24.6 Å². The largest absolute Gasteiger partial charge is 0.388 e. The molecule has 168 valence electrons. The molecule has 28 heavy (non-hydrogen) atoms. The molecule has 0 saturated carbocycles. The number of nitrogens with two attached hydrogens (primary N) is 1. The van der Waals surface area contributed by atoms with Crippen LogP contribution >= 0.6 is 7.60 Å². The van der Waals surface area contributed by atoms with Crippen LogP contribution in [0.4, 0.5) is 0 Å². The van der Waals surface area contributed by atoms with E-state index in [1.54, 1.807) is 0 Å². The molecule has 0 aromatic rings. The Morgan fingerprint density at radius 2 is 1.29 bits per heavy atom. The molecule has 6 N–H and O–H groups in total. The summed E-state index contributed by atoms with van der Waals surface area (Å²) in [5.41, 5.74) is 5.26. The number of hydrogen-bond acceptors (Lipinski definition) is 4. The second-order valence-corrected chi connectivity index (χ2v) is 9.72. The molecule has 0 aromatic carbocycles. The summed E-state index contributed by atoms with van der Waals surface area (Å²) in [6.45, 7) is 1.86. The molecule has 0 fully saturated rings. The third-order valence-electron chi connectivity index (χ3n) is 5.32. The molecule has 0 radical (unpaired) electrons. The zero-order valence-electron chi connectivity index (χ0n) is 17.8. The first-order valence-electron chi connectivity index (χ1n) is 11.1. The van der Waals surface area contributed by atoms with E-state index < -0.39 is 19.0 Å². The van der Waals surface area contributed by atoms with Gasteiger partial charge in [-0.2, -0.15) is 0 Å². The Balaban J connectivity index is 3.64. The number of hydrogen-bond donors (Lipinski definition) is 5. The average Bonchev–Trinajstić information content (AvgIpc) is 2.65. The van der Waals surface area contributed by atoms with Gasteiger partial charge in [-0.3, -0.25) is 4.57 Å². The first-order chi connectivity index (χ1) is 13.3. The number of rotatable bonds is 19. The summed E-state index contributed by atoms with van der Waals surface area (Å²) in [6.07, 6.45) is 18.7. The molecule has 0 aromatic heterocycles. The van der Waals surface area contributed by atoms with Crippen molar-refractivity contribution in [2.24, 2.45) is 5.73 Å². The van der Waals surface area contributed by atoms with Crippen LogP contribution in [0.25, 0.3) is 0 Å². The maximum atomic E-state index is 11.5. The van der Waals surface area contributed by atoms with Crippen molar-refractivity contribution in [3.05, 3.63) is 12.2 Å². The summed E-state index contributed by atoms with van der Waals surface area (Å²) in [4.78, 5) is 18.6. The third kappa shape index (κ3) is 12.4. The first-order valence-corrected chi connectivity index (χ1v) is 12.7. The molecule has 6 nitrogen and oxygen atoms in total. The van der Waals surface area contributed by atoms with Crippen LogP contribution < -0.4 is 5.73 Å². The van der Waals surface area contributed by atoms with E-state index in [1.165, 1.54) is 44.9 Å². The van der Waals surface area contributed by atoms with E-state index in [-0.39, 0.29) is 13.0 Å². The van der Waals surface area contributed by atoms with Crippen LogP contribution in [0.15, 0.2) is 12.2 Å². The molecular weight excluding hydrogens is 377 g/mol. The van der Waals surface area contributed by atoms with Gasteiger partial charge in [-0.15, -0.1) is 0 Å². The van der Waals surface area contributed by atoms with Crippen molar-refractivity contribution in [2.45, 2.75) is 115 Å². The monoisotopic (exact) mass is 421 g/mol. The van der Waals surface area contributed by atoms with E-state index in [0.29, 0.717) is 6.42 Å². The van der Waals surface area contributed by atoms with Crippen molar-refractivity contribution >= 4 is 7.60 Å². The fourth-order valence-corrected chi connectivity index (χ4v) is 4.27. The number of aliphatic hydroxyl groups is 2. The molecule has 7 heteroatoms. The van der Waals surface area contributed by atoms with Gasteiger partial charge in [0.05, 0.1) is 0 Å². The highest BCUT2D eigenvalue weighted by molar-refractivity contribution is 7.53. The minimum absolute atomic E-state index is 0.142. The van der Waals surface area contributed by atoms with Crippen molar-refractivity contribution in [1.29, 1.82) is 0 Å². The van der Waals surface area contributed by atoms with Crippen LogP contribution in [0.1, 0.15) is 103 Å². The molecule has 0 aliphatic rings. The quantitative estimate of drug-likeness (QED) is 0.118. The summed E-state index contributed by atoms with van der Waals surface area (Å²) in [7, 11) is -4.83. The Morgan fingerprint density at radius 1 is 0.857 bits per heavy atom. The highest BCUT2D eigenvalue weighted by atomic mass is 31.2. The summed E-state index contributed by atoms with van der Waals surface area (Å²) < 4.78 is 11.5. The number of unbranched alkanes of at least 4 members (excludes halogenated alkanes) is 12. The summed E-state index contributed by atoms with van der Waals surface area (Å²) >= 11 is 0. The van der Waals surface area contributed by atoms with Crippen molar-refractivity contribution in [2.75, 3.05) is 6.54 Å². The predicted octanol–water partition coefficient (Wildman–Crippen LogP) is 4.60. The Bertz CT molecular complexity index is 441. The molecule has 0 saturated heterocycles. The van der Waals surface area contributed by atoms with Crippen LogP contribution in [0.5, 0.6) is 0 Å². The van der Waals surface area contributed by atoms with Gasteiger partial charge >= 0.3 is 7.60 Å². The highest BCUT2D eigenvalue weighted by Gasteiger charge is 2.49. The summed E-state index contributed by atoms with van der Waals surface area (Å²) in [6, 6.07) is 0. The smallest absolute Gasteiger partial charge is 0.359 e. The molecule has 0 bridgehead atoms. The first kappa shape index (κ1) is 27.8. The second kappa shape index (κ2) is 16.6. The lowest BCUT2D eigenvalue weighted by atomic mass is 10.0. The van der Waals surface area contributed by atoms with Crippen LogP contribution in [0, 0.1) is 0 Å². The average molecular weight is 422 g/mol. The number of allylic oxidation sites excluding steroid dienone is 2. The van der Waals surface area contributed by atoms with Gasteiger partial charge in [-0.1, -0.05) is 76.9 Å². The van der Waals surface area contributed by atoms with Crippen LogP contribution in [0.3, 0.4) is 0 Å². The van der Waals surface area contributed by atoms with Gasteiger partial charge in [0.2, 0.25) is 0 Å². The molecule has 0 aliphatic heterocycles. The van der Waals surface area contributed by atoms with Gasteiger partial charge < -0.3 is 25.7 Å². The fraction of sp³-hybridized carbons (Fsp3) is 0.905. The predicted molar refractivity (Wildman–Crippen MR) is 116 cm³/mol. The van der Waals surface area contributed by atoms with Gasteiger partial charge in [0.15, 0.2) is 5.34 Å². The lowest BCUT2D eigenvalue weighted by Crippen LogP contribution is -2.46. The van der Waals surface area contributed by atoms with Crippen molar-refractivity contribution in [1.82, 2.24) is 0 Å². The SMILES string of the molecule is CCCCCCCC/C=C\CCCCCCCCC(O)(C(O)CN)P(=O)(O)O. The molecule has 2 atom stereocenters. The van der Waals surface area contributed by atoms with E-state index in [0.717, 1.165) is 38.5 Å². The maximum absolute atomic E-state index is 11.5. The van der Waals surface area contributed by atoms with Crippen LogP contribution in [-0.4, -0.2) is 38.0 Å². The van der Waals surface area contributed by atoms with E-state index in [4.69, 9.17) is 5.73 Å². The molecular formula is C21H44NO5P. The molecule has 0 rings (SSSR count). The van der Waals surface area contributed by atoms with Crippen LogP contribution in [0.2, 0.25) is 0 Å². The van der Waals surface area contributed by atoms with E-state index in [1.807, 2.05) is 0 Å². The summed E-state index contributed by atoms with van der Waals surface area (Å²) in [5.74, 6) is 0. The second-order valence-electron chi connectivity index (χ2n) is 7.86. The minimum Gasteiger partial charge on any atom is -0.388 e. The van der Waals surface area contributed by atoms with Crippen molar-refractivity contribution in [3.63, 3.8) is 0 Å². The Hall–Kier alpha value is -0.230. The van der Waals surface area contributed by atoms with E-state index >= 15 is 0 Å². The normalized spacial score (nSPS) is 15.8. The topological polar surface area (TPSA) is 124 Å². The molecule has 2 unspecified atom stereocenters. The molecule has 0 amide bonds. The van der Waals surface area contributed by atoms with Gasteiger partial charge in [0, 0.05) is 6.54 Å². The molecule has 0 heterocycles. The van der Waals surface area contributed by atoms with Gasteiger partial charge in [0.25, 0.3) is 0 Å². The minimum atomic E-state index is -4.83.